The predicted octanol–water partition coefficient (Wildman–Crippen LogP) is 2.87. The van der Waals surface area contributed by atoms with Crippen LogP contribution in [0.25, 0.3) is 11.4 Å². The molecule has 2 heterocycles. The first kappa shape index (κ1) is 21.8. The molecule has 158 valence electrons. The Bertz CT molecular complexity index is 928. The minimum absolute atomic E-state index is 0.0301. The second kappa shape index (κ2) is 9.75. The summed E-state index contributed by atoms with van der Waals surface area (Å²) in [6, 6.07) is 9.65. The van der Waals surface area contributed by atoms with Gasteiger partial charge in [0.2, 0.25) is 5.91 Å². The normalized spacial score (nSPS) is 18.1. The summed E-state index contributed by atoms with van der Waals surface area (Å²) in [6.45, 7) is 5.40. The minimum Gasteiger partial charge on any atom is -0.338 e. The molecule has 29 heavy (non-hydrogen) atoms. The third kappa shape index (κ3) is 5.39. The molecule has 1 fully saturated rings. The number of hydrogen-bond acceptors (Lipinski definition) is 6. The van der Waals surface area contributed by atoms with Gasteiger partial charge in [-0.1, -0.05) is 55.4 Å². The molecule has 0 bridgehead atoms. The van der Waals surface area contributed by atoms with E-state index in [1.807, 2.05) is 41.8 Å². The summed E-state index contributed by atoms with van der Waals surface area (Å²) >= 11 is 1.36. The minimum atomic E-state index is -3.03. The average Bonchev–Trinajstić information content (AvgIpc) is 3.29. The second-order valence-corrected chi connectivity index (χ2v) is 10.4. The Hall–Kier alpha value is -1.87. The fourth-order valence-electron chi connectivity index (χ4n) is 3.55. The third-order valence-electron chi connectivity index (χ3n) is 5.11. The number of rotatable bonds is 9. The molecule has 0 radical (unpaired) electrons. The van der Waals surface area contributed by atoms with Crippen molar-refractivity contribution in [2.24, 2.45) is 0 Å². The molecule has 1 amide bonds. The van der Waals surface area contributed by atoms with Crippen molar-refractivity contribution >= 4 is 27.5 Å². The topological polar surface area (TPSA) is 85.2 Å². The summed E-state index contributed by atoms with van der Waals surface area (Å²) in [5.41, 5.74) is 0.987. The summed E-state index contributed by atoms with van der Waals surface area (Å²) in [6.07, 6.45) is 2.36. The smallest absolute Gasteiger partial charge is 0.233 e. The summed E-state index contributed by atoms with van der Waals surface area (Å²) in [4.78, 5) is 14.7. The predicted molar refractivity (Wildman–Crippen MR) is 116 cm³/mol. The first-order valence-corrected chi connectivity index (χ1v) is 12.9. The van der Waals surface area contributed by atoms with Crippen molar-refractivity contribution in [3.8, 4) is 11.4 Å². The number of nitrogens with zero attached hydrogens (tertiary/aromatic N) is 4. The SMILES string of the molecule is CCCCN(C(=O)CSc1nnc(-c2ccccc2)n1CC)C1CCS(=O)(=O)C1. The molecule has 9 heteroatoms. The zero-order chi connectivity index (χ0) is 20.9. The van der Waals surface area contributed by atoms with Crippen molar-refractivity contribution in [1.29, 1.82) is 0 Å². The first-order chi connectivity index (χ1) is 13.9. The van der Waals surface area contributed by atoms with Gasteiger partial charge < -0.3 is 9.47 Å². The molecule has 1 aromatic heterocycles. The number of amides is 1. The molecule has 1 aliphatic rings. The Balaban J connectivity index is 1.70. The monoisotopic (exact) mass is 436 g/mol. The van der Waals surface area contributed by atoms with E-state index in [4.69, 9.17) is 0 Å². The van der Waals surface area contributed by atoms with Crippen LogP contribution in [0.3, 0.4) is 0 Å². The van der Waals surface area contributed by atoms with Gasteiger partial charge in [-0.05, 0) is 19.8 Å². The fourth-order valence-corrected chi connectivity index (χ4v) is 6.17. The Kier molecular flexibility index (Phi) is 7.34. The van der Waals surface area contributed by atoms with Crippen LogP contribution in [0.2, 0.25) is 0 Å². The molecule has 1 atom stereocenters. The van der Waals surface area contributed by atoms with Crippen molar-refractivity contribution in [2.45, 2.75) is 50.9 Å². The molecule has 0 N–H and O–H groups in total. The zero-order valence-electron chi connectivity index (χ0n) is 17.0. The Morgan fingerprint density at radius 2 is 2.00 bits per heavy atom. The van der Waals surface area contributed by atoms with Crippen molar-refractivity contribution in [3.63, 3.8) is 0 Å². The van der Waals surface area contributed by atoms with E-state index in [1.54, 1.807) is 4.90 Å². The van der Waals surface area contributed by atoms with Gasteiger partial charge in [0, 0.05) is 24.7 Å². The Morgan fingerprint density at radius 1 is 1.24 bits per heavy atom. The summed E-state index contributed by atoms with van der Waals surface area (Å²) in [5, 5.41) is 9.30. The number of benzene rings is 1. The highest BCUT2D eigenvalue weighted by atomic mass is 32.2. The lowest BCUT2D eigenvalue weighted by Gasteiger charge is -2.28. The van der Waals surface area contributed by atoms with Crippen LogP contribution in [0.5, 0.6) is 0 Å². The van der Waals surface area contributed by atoms with E-state index < -0.39 is 9.84 Å². The van der Waals surface area contributed by atoms with Crippen molar-refractivity contribution in [1.82, 2.24) is 19.7 Å². The molecule has 1 aliphatic heterocycles. The maximum Gasteiger partial charge on any atom is 0.233 e. The van der Waals surface area contributed by atoms with Crippen LogP contribution in [0.15, 0.2) is 35.5 Å². The Morgan fingerprint density at radius 3 is 2.62 bits per heavy atom. The van der Waals surface area contributed by atoms with Crippen LogP contribution < -0.4 is 0 Å². The lowest BCUT2D eigenvalue weighted by atomic mass is 10.2. The number of carbonyl (C=O) groups excluding carboxylic acids is 1. The maximum absolute atomic E-state index is 12.9. The number of thioether (sulfide) groups is 1. The van der Waals surface area contributed by atoms with Crippen LogP contribution in [0.1, 0.15) is 33.1 Å². The van der Waals surface area contributed by atoms with Crippen LogP contribution in [0.4, 0.5) is 0 Å². The van der Waals surface area contributed by atoms with Gasteiger partial charge in [0.25, 0.3) is 0 Å². The van der Waals surface area contributed by atoms with E-state index >= 15 is 0 Å². The van der Waals surface area contributed by atoms with Gasteiger partial charge in [-0.25, -0.2) is 8.42 Å². The lowest BCUT2D eigenvalue weighted by molar-refractivity contribution is -0.130. The number of carbonyl (C=O) groups is 1. The molecule has 2 aromatic rings. The summed E-state index contributed by atoms with van der Waals surface area (Å²) < 4.78 is 25.8. The van der Waals surface area contributed by atoms with Gasteiger partial charge >= 0.3 is 0 Å². The quantitative estimate of drug-likeness (QED) is 0.562. The molecule has 0 spiro atoms. The second-order valence-electron chi connectivity index (χ2n) is 7.20. The van der Waals surface area contributed by atoms with E-state index in [1.165, 1.54) is 11.8 Å². The molecule has 1 unspecified atom stereocenters. The molecule has 1 aromatic carbocycles. The highest BCUT2D eigenvalue weighted by Gasteiger charge is 2.34. The lowest BCUT2D eigenvalue weighted by Crippen LogP contribution is -2.42. The molecule has 7 nitrogen and oxygen atoms in total. The largest absolute Gasteiger partial charge is 0.338 e. The third-order valence-corrected chi connectivity index (χ3v) is 7.81. The molecule has 0 saturated carbocycles. The highest BCUT2D eigenvalue weighted by molar-refractivity contribution is 7.99. The first-order valence-electron chi connectivity index (χ1n) is 10.1. The van der Waals surface area contributed by atoms with Gasteiger partial charge in [-0.2, -0.15) is 0 Å². The van der Waals surface area contributed by atoms with Crippen LogP contribution >= 0.6 is 11.8 Å². The van der Waals surface area contributed by atoms with Crippen molar-refractivity contribution in [2.75, 3.05) is 23.8 Å². The molecule has 3 rings (SSSR count). The van der Waals surface area contributed by atoms with E-state index in [2.05, 4.69) is 17.1 Å². The molecule has 0 aliphatic carbocycles. The number of aromatic nitrogens is 3. The maximum atomic E-state index is 12.9. The summed E-state index contributed by atoms with van der Waals surface area (Å²) in [7, 11) is -3.03. The van der Waals surface area contributed by atoms with E-state index in [0.29, 0.717) is 24.7 Å². The van der Waals surface area contributed by atoms with E-state index in [-0.39, 0.29) is 29.2 Å². The fraction of sp³-hybridized carbons (Fsp3) is 0.550. The number of unbranched alkanes of at least 4 members (excludes halogenated alkanes) is 1. The van der Waals surface area contributed by atoms with Crippen molar-refractivity contribution in [3.05, 3.63) is 30.3 Å². The van der Waals surface area contributed by atoms with Crippen LogP contribution in [-0.4, -0.2) is 63.8 Å². The van der Waals surface area contributed by atoms with Gasteiger partial charge in [0.05, 0.1) is 17.3 Å². The standard InChI is InChI=1S/C20H28N4O3S2/c1-3-5-12-24(17-11-13-29(26,27)15-17)18(25)14-28-20-22-21-19(23(20)4-2)16-9-7-6-8-10-16/h6-10,17H,3-5,11-15H2,1-2H3. The summed E-state index contributed by atoms with van der Waals surface area (Å²) in [5.74, 6) is 1.24. The van der Waals surface area contributed by atoms with Crippen LogP contribution in [-0.2, 0) is 21.2 Å². The number of hydrogen-bond donors (Lipinski definition) is 0. The van der Waals surface area contributed by atoms with Gasteiger partial charge in [0.1, 0.15) is 0 Å². The molecular weight excluding hydrogens is 408 g/mol. The molecular formula is C20H28N4O3S2. The van der Waals surface area contributed by atoms with Gasteiger partial charge in [0.15, 0.2) is 20.8 Å². The van der Waals surface area contributed by atoms with E-state index in [0.717, 1.165) is 24.2 Å². The van der Waals surface area contributed by atoms with Gasteiger partial charge in [-0.15, -0.1) is 10.2 Å². The van der Waals surface area contributed by atoms with E-state index in [9.17, 15) is 13.2 Å². The van der Waals surface area contributed by atoms with Crippen LogP contribution in [0, 0.1) is 0 Å². The van der Waals surface area contributed by atoms with Crippen molar-refractivity contribution < 1.29 is 13.2 Å². The van der Waals surface area contributed by atoms with Gasteiger partial charge in [-0.3, -0.25) is 4.79 Å². The molecule has 1 saturated heterocycles. The number of sulfone groups is 1. The zero-order valence-corrected chi connectivity index (χ0v) is 18.6. The Labute approximate surface area is 176 Å². The highest BCUT2D eigenvalue weighted by Crippen LogP contribution is 2.25. The average molecular weight is 437 g/mol.